The summed E-state index contributed by atoms with van der Waals surface area (Å²) in [5.41, 5.74) is 0.343. The SMILES string of the molecule is CCNc1ncc(F)c(NCC2(CC)CCC2)n1. The number of anilines is 2. The molecule has 0 saturated heterocycles. The Balaban J connectivity index is 2.01. The minimum atomic E-state index is -0.387. The van der Waals surface area contributed by atoms with Crippen LogP contribution in [0.2, 0.25) is 0 Å². The molecule has 5 heteroatoms. The third kappa shape index (κ3) is 2.71. The Morgan fingerprint density at radius 1 is 1.33 bits per heavy atom. The zero-order chi connectivity index (χ0) is 13.0. The Morgan fingerprint density at radius 3 is 2.67 bits per heavy atom. The van der Waals surface area contributed by atoms with Gasteiger partial charge in [0.05, 0.1) is 6.20 Å². The third-order valence-electron chi connectivity index (χ3n) is 3.87. The van der Waals surface area contributed by atoms with E-state index in [0.717, 1.165) is 19.5 Å². The monoisotopic (exact) mass is 252 g/mol. The van der Waals surface area contributed by atoms with Crippen molar-refractivity contribution in [2.24, 2.45) is 5.41 Å². The van der Waals surface area contributed by atoms with Crippen molar-refractivity contribution >= 4 is 11.8 Å². The van der Waals surface area contributed by atoms with Crippen LogP contribution in [0.25, 0.3) is 0 Å². The molecule has 0 aromatic carbocycles. The number of hydrogen-bond donors (Lipinski definition) is 2. The van der Waals surface area contributed by atoms with E-state index in [4.69, 9.17) is 0 Å². The number of hydrogen-bond acceptors (Lipinski definition) is 4. The van der Waals surface area contributed by atoms with Gasteiger partial charge in [-0.15, -0.1) is 0 Å². The van der Waals surface area contributed by atoms with E-state index in [1.807, 2.05) is 6.92 Å². The van der Waals surface area contributed by atoms with E-state index in [1.54, 1.807) is 0 Å². The van der Waals surface area contributed by atoms with Gasteiger partial charge in [0.15, 0.2) is 11.6 Å². The maximum atomic E-state index is 13.6. The third-order valence-corrected chi connectivity index (χ3v) is 3.87. The predicted octanol–water partition coefficient (Wildman–Crippen LogP) is 3.04. The van der Waals surface area contributed by atoms with E-state index < -0.39 is 0 Å². The molecule has 1 aliphatic carbocycles. The first kappa shape index (κ1) is 13.1. The van der Waals surface area contributed by atoms with Crippen LogP contribution in [0.5, 0.6) is 0 Å². The molecule has 0 radical (unpaired) electrons. The number of nitrogens with zero attached hydrogens (tertiary/aromatic N) is 2. The molecule has 18 heavy (non-hydrogen) atoms. The summed E-state index contributed by atoms with van der Waals surface area (Å²) >= 11 is 0. The molecule has 2 rings (SSSR count). The molecule has 1 fully saturated rings. The summed E-state index contributed by atoms with van der Waals surface area (Å²) in [7, 11) is 0. The molecular formula is C13H21FN4. The van der Waals surface area contributed by atoms with Gasteiger partial charge >= 0.3 is 0 Å². The van der Waals surface area contributed by atoms with Gasteiger partial charge in [0.1, 0.15) is 0 Å². The normalized spacial score (nSPS) is 17.1. The van der Waals surface area contributed by atoms with Crippen molar-refractivity contribution in [3.05, 3.63) is 12.0 Å². The van der Waals surface area contributed by atoms with E-state index in [9.17, 15) is 4.39 Å². The molecule has 0 amide bonds. The van der Waals surface area contributed by atoms with E-state index in [-0.39, 0.29) is 5.82 Å². The lowest BCUT2D eigenvalue weighted by molar-refractivity contribution is 0.144. The lowest BCUT2D eigenvalue weighted by Crippen LogP contribution is -2.36. The average molecular weight is 252 g/mol. The molecule has 1 aromatic rings. The van der Waals surface area contributed by atoms with Gasteiger partial charge in [-0.05, 0) is 31.6 Å². The minimum Gasteiger partial charge on any atom is -0.367 e. The summed E-state index contributed by atoms with van der Waals surface area (Å²) in [6.45, 7) is 5.68. The maximum absolute atomic E-state index is 13.6. The molecule has 2 N–H and O–H groups in total. The van der Waals surface area contributed by atoms with Crippen LogP contribution in [0.3, 0.4) is 0 Å². The number of halogens is 1. The summed E-state index contributed by atoms with van der Waals surface area (Å²) in [5, 5.41) is 6.12. The summed E-state index contributed by atoms with van der Waals surface area (Å²) in [6.07, 6.45) is 6.08. The first-order valence-electron chi connectivity index (χ1n) is 6.69. The average Bonchev–Trinajstić information content (AvgIpc) is 2.32. The van der Waals surface area contributed by atoms with Gasteiger partial charge in [0, 0.05) is 13.1 Å². The molecule has 0 unspecified atom stereocenters. The van der Waals surface area contributed by atoms with Crippen molar-refractivity contribution in [3.8, 4) is 0 Å². The largest absolute Gasteiger partial charge is 0.367 e. The van der Waals surface area contributed by atoms with Crippen molar-refractivity contribution in [2.75, 3.05) is 23.7 Å². The highest BCUT2D eigenvalue weighted by atomic mass is 19.1. The molecule has 4 nitrogen and oxygen atoms in total. The fourth-order valence-electron chi connectivity index (χ4n) is 2.34. The standard InChI is InChI=1S/C13H21FN4/c1-3-13(6-5-7-13)9-17-11-10(14)8-16-12(18-11)15-4-2/h8H,3-7,9H2,1-2H3,(H2,15,16,17,18). The molecule has 0 bridgehead atoms. The fourth-order valence-corrected chi connectivity index (χ4v) is 2.34. The smallest absolute Gasteiger partial charge is 0.224 e. The highest BCUT2D eigenvalue weighted by Crippen LogP contribution is 2.43. The molecule has 100 valence electrons. The Labute approximate surface area is 107 Å². The van der Waals surface area contributed by atoms with Crippen molar-refractivity contribution < 1.29 is 4.39 Å². The Morgan fingerprint density at radius 2 is 2.11 bits per heavy atom. The second kappa shape index (κ2) is 5.50. The Hall–Kier alpha value is -1.39. The van der Waals surface area contributed by atoms with E-state index in [0.29, 0.717) is 17.2 Å². The first-order chi connectivity index (χ1) is 8.69. The van der Waals surface area contributed by atoms with Crippen molar-refractivity contribution in [1.82, 2.24) is 9.97 Å². The summed E-state index contributed by atoms with van der Waals surface area (Å²) in [6, 6.07) is 0. The van der Waals surface area contributed by atoms with Crippen molar-refractivity contribution in [3.63, 3.8) is 0 Å². The number of rotatable bonds is 6. The van der Waals surface area contributed by atoms with Crippen molar-refractivity contribution in [1.29, 1.82) is 0 Å². The van der Waals surface area contributed by atoms with Gasteiger partial charge in [-0.1, -0.05) is 13.3 Å². The van der Waals surface area contributed by atoms with E-state index in [1.165, 1.54) is 25.5 Å². The molecular weight excluding hydrogens is 231 g/mol. The van der Waals surface area contributed by atoms with Gasteiger partial charge < -0.3 is 10.6 Å². The van der Waals surface area contributed by atoms with Crippen LogP contribution in [0.1, 0.15) is 39.5 Å². The van der Waals surface area contributed by atoms with Gasteiger partial charge in [-0.2, -0.15) is 4.98 Å². The molecule has 1 heterocycles. The topological polar surface area (TPSA) is 49.8 Å². The zero-order valence-corrected chi connectivity index (χ0v) is 11.1. The van der Waals surface area contributed by atoms with Gasteiger partial charge in [-0.25, -0.2) is 9.37 Å². The molecule has 1 aliphatic rings. The lowest BCUT2D eigenvalue weighted by Gasteiger charge is -2.41. The minimum absolute atomic E-state index is 0.306. The number of aromatic nitrogens is 2. The Bertz CT molecular complexity index is 398. The maximum Gasteiger partial charge on any atom is 0.224 e. The van der Waals surface area contributed by atoms with Crippen LogP contribution < -0.4 is 10.6 Å². The first-order valence-corrected chi connectivity index (χ1v) is 6.69. The highest BCUT2D eigenvalue weighted by Gasteiger charge is 2.34. The van der Waals surface area contributed by atoms with Crippen LogP contribution >= 0.6 is 0 Å². The highest BCUT2D eigenvalue weighted by molar-refractivity contribution is 5.41. The van der Waals surface area contributed by atoms with Crippen LogP contribution in [-0.2, 0) is 0 Å². The molecule has 0 spiro atoms. The van der Waals surface area contributed by atoms with E-state index in [2.05, 4.69) is 27.5 Å². The van der Waals surface area contributed by atoms with Crippen molar-refractivity contribution in [2.45, 2.75) is 39.5 Å². The molecule has 1 aromatic heterocycles. The second-order valence-electron chi connectivity index (χ2n) is 4.98. The second-order valence-corrected chi connectivity index (χ2v) is 4.98. The zero-order valence-electron chi connectivity index (χ0n) is 11.1. The molecule has 1 saturated carbocycles. The summed E-state index contributed by atoms with van der Waals surface area (Å²) < 4.78 is 13.6. The van der Waals surface area contributed by atoms with Crippen LogP contribution in [0, 0.1) is 11.2 Å². The van der Waals surface area contributed by atoms with Gasteiger partial charge in [0.25, 0.3) is 0 Å². The molecule has 0 aliphatic heterocycles. The lowest BCUT2D eigenvalue weighted by atomic mass is 9.67. The predicted molar refractivity (Wildman–Crippen MR) is 71.2 cm³/mol. The quantitative estimate of drug-likeness (QED) is 0.817. The van der Waals surface area contributed by atoms with Gasteiger partial charge in [0.2, 0.25) is 5.95 Å². The summed E-state index contributed by atoms with van der Waals surface area (Å²) in [5.74, 6) is 0.392. The summed E-state index contributed by atoms with van der Waals surface area (Å²) in [4.78, 5) is 8.04. The number of nitrogens with one attached hydrogen (secondary N) is 2. The van der Waals surface area contributed by atoms with E-state index >= 15 is 0 Å². The van der Waals surface area contributed by atoms with Crippen LogP contribution in [0.15, 0.2) is 6.20 Å². The van der Waals surface area contributed by atoms with Gasteiger partial charge in [-0.3, -0.25) is 0 Å². The van der Waals surface area contributed by atoms with Crippen LogP contribution in [0.4, 0.5) is 16.2 Å². The van der Waals surface area contributed by atoms with Crippen LogP contribution in [-0.4, -0.2) is 23.1 Å². The fraction of sp³-hybridized carbons (Fsp3) is 0.692. The molecule has 0 atom stereocenters. The Kier molecular flexibility index (Phi) is 3.99.